The summed E-state index contributed by atoms with van der Waals surface area (Å²) in [5.74, 6) is -1.79. The number of pyridine rings is 1. The van der Waals surface area contributed by atoms with Crippen molar-refractivity contribution in [2.45, 2.75) is 102 Å². The second-order valence-electron chi connectivity index (χ2n) is 16.3. The fourth-order valence-corrected chi connectivity index (χ4v) is 8.63. The number of hydrogen-bond donors (Lipinski definition) is 3. The van der Waals surface area contributed by atoms with Crippen molar-refractivity contribution in [3.05, 3.63) is 48.5 Å². The van der Waals surface area contributed by atoms with Crippen LogP contribution in [0.5, 0.6) is 11.6 Å². The number of amides is 4. The second kappa shape index (κ2) is 14.7. The number of sulfonamides is 1. The molecule has 6 rings (SSSR count). The topological polar surface area (TPSA) is 195 Å². The van der Waals surface area contributed by atoms with Crippen LogP contribution in [0.4, 0.5) is 4.79 Å². The highest BCUT2D eigenvalue weighted by Gasteiger charge is 2.62. The number of hydrogen-bond acceptors (Lipinski definition) is 12. The largest absolute Gasteiger partial charge is 0.497 e. The monoisotopic (exact) mass is 796 g/mol. The standard InChI is InChI=1S/C38H48N6O9S2/c1-9-22-19-38(22,34(47)43-55(49,50)25-11-12-25)42-30(45)28-18-24(20-44(28)33(46)29(36(2,3)4)41-35(48)53-37(5,6)7)52-31-26-13-10-23(51-8)16-21(26)17-27(40-31)32-39-14-15-54-32/h9-10,13-17,22,24-25,28-29H,1,11-12,18-20H2,2-8H3,(H,41,48)(H,42,45)(H,43,47)/t22-,24-,28+,29-,38-/m1/s1. The minimum Gasteiger partial charge on any atom is -0.497 e. The number of benzene rings is 1. The molecule has 0 unspecified atom stereocenters. The Labute approximate surface area is 324 Å². The van der Waals surface area contributed by atoms with Crippen LogP contribution in [0.3, 0.4) is 0 Å². The van der Waals surface area contributed by atoms with Crippen LogP contribution >= 0.6 is 11.3 Å². The second-order valence-corrected chi connectivity index (χ2v) is 19.2. The molecular weight excluding hydrogens is 749 g/mol. The Hall–Kier alpha value is -4.77. The Balaban J connectivity index is 1.34. The predicted octanol–water partition coefficient (Wildman–Crippen LogP) is 4.32. The average Bonchev–Trinajstić information content (AvgIpc) is 3.97. The molecule has 1 saturated heterocycles. The number of thiazole rings is 1. The summed E-state index contributed by atoms with van der Waals surface area (Å²) in [5, 5.41) is 8.77. The van der Waals surface area contributed by atoms with E-state index in [4.69, 9.17) is 19.2 Å². The van der Waals surface area contributed by atoms with Gasteiger partial charge in [0.05, 0.1) is 18.9 Å². The summed E-state index contributed by atoms with van der Waals surface area (Å²) in [5.41, 5.74) is -2.70. The lowest BCUT2D eigenvalue weighted by atomic mass is 9.85. The van der Waals surface area contributed by atoms with Crippen molar-refractivity contribution in [1.82, 2.24) is 30.2 Å². The molecule has 2 aliphatic carbocycles. The molecule has 3 heterocycles. The average molecular weight is 797 g/mol. The summed E-state index contributed by atoms with van der Waals surface area (Å²) in [6.07, 6.45) is 2.59. The molecule has 3 aromatic rings. The predicted molar refractivity (Wildman–Crippen MR) is 206 cm³/mol. The third kappa shape index (κ3) is 8.72. The van der Waals surface area contributed by atoms with Gasteiger partial charge in [0, 0.05) is 29.3 Å². The van der Waals surface area contributed by atoms with Gasteiger partial charge in [0.15, 0.2) is 0 Å². The summed E-state index contributed by atoms with van der Waals surface area (Å²) in [7, 11) is -2.35. The van der Waals surface area contributed by atoms with E-state index < -0.39 is 79.7 Å². The Morgan fingerprint density at radius 3 is 2.42 bits per heavy atom. The van der Waals surface area contributed by atoms with E-state index >= 15 is 0 Å². The van der Waals surface area contributed by atoms with E-state index in [2.05, 4.69) is 26.9 Å². The fraction of sp³-hybridized carbons (Fsp3) is 0.526. The van der Waals surface area contributed by atoms with Crippen molar-refractivity contribution < 1.29 is 41.8 Å². The first-order chi connectivity index (χ1) is 25.7. The number of fused-ring (bicyclic) bond motifs is 1. The quantitative estimate of drug-likeness (QED) is 0.221. The van der Waals surface area contributed by atoms with Crippen molar-refractivity contribution >= 4 is 55.9 Å². The molecule has 2 aromatic heterocycles. The summed E-state index contributed by atoms with van der Waals surface area (Å²) in [6, 6.07) is 4.98. The SMILES string of the molecule is C=C[C@@H]1C[C@]1(NC(=O)[C@@H]1C[C@@H](Oc2nc(-c3nccs3)cc3cc(OC)ccc23)CN1C(=O)[C@@H](NC(=O)OC(C)(C)C)C(C)(C)C)C(=O)NS(=O)(=O)C1CC1. The maximum atomic E-state index is 14.6. The molecule has 17 heteroatoms. The third-order valence-corrected chi connectivity index (χ3v) is 12.4. The Morgan fingerprint density at radius 2 is 1.84 bits per heavy atom. The molecule has 3 aliphatic rings. The smallest absolute Gasteiger partial charge is 0.408 e. The van der Waals surface area contributed by atoms with Gasteiger partial charge in [0.1, 0.15) is 45.8 Å². The highest BCUT2D eigenvalue weighted by Crippen LogP contribution is 2.46. The Kier molecular flexibility index (Phi) is 10.7. The molecule has 0 radical (unpaired) electrons. The lowest BCUT2D eigenvalue weighted by Gasteiger charge is -2.36. The number of likely N-dealkylation sites (tertiary alicyclic amines) is 1. The number of carbonyl (C=O) groups excluding carboxylic acids is 4. The lowest BCUT2D eigenvalue weighted by Crippen LogP contribution is -2.60. The minimum absolute atomic E-state index is 0.0154. The van der Waals surface area contributed by atoms with Gasteiger partial charge in [-0.15, -0.1) is 17.9 Å². The number of ether oxygens (including phenoxy) is 3. The van der Waals surface area contributed by atoms with Gasteiger partial charge in [-0.05, 0) is 75.1 Å². The number of rotatable bonds is 12. The van der Waals surface area contributed by atoms with Gasteiger partial charge in [0.25, 0.3) is 5.91 Å². The molecule has 0 spiro atoms. The highest BCUT2D eigenvalue weighted by atomic mass is 32.2. The normalized spacial score (nSPS) is 23.0. The number of nitrogens with zero attached hydrogens (tertiary/aromatic N) is 3. The molecule has 3 fully saturated rings. The van der Waals surface area contributed by atoms with E-state index in [-0.39, 0.29) is 25.3 Å². The first-order valence-electron chi connectivity index (χ1n) is 18.1. The zero-order valence-corrected chi connectivity index (χ0v) is 33.6. The maximum Gasteiger partial charge on any atom is 0.408 e. The Morgan fingerprint density at radius 1 is 1.11 bits per heavy atom. The maximum absolute atomic E-state index is 14.6. The molecule has 4 amide bonds. The molecule has 1 aromatic carbocycles. The summed E-state index contributed by atoms with van der Waals surface area (Å²) < 4.78 is 45.2. The van der Waals surface area contributed by atoms with E-state index in [0.717, 1.165) is 5.39 Å². The van der Waals surface area contributed by atoms with Crippen molar-refractivity contribution in [1.29, 1.82) is 0 Å². The van der Waals surface area contributed by atoms with Crippen molar-refractivity contribution in [3.63, 3.8) is 0 Å². The van der Waals surface area contributed by atoms with Crippen LogP contribution in [-0.4, -0.2) is 95.3 Å². The number of methoxy groups -OCH3 is 1. The highest BCUT2D eigenvalue weighted by molar-refractivity contribution is 7.91. The van der Waals surface area contributed by atoms with Crippen LogP contribution in [0, 0.1) is 11.3 Å². The molecule has 15 nitrogen and oxygen atoms in total. The van der Waals surface area contributed by atoms with Crippen LogP contribution in [0.25, 0.3) is 21.5 Å². The number of carbonyl (C=O) groups is 4. The van der Waals surface area contributed by atoms with Crippen LogP contribution in [0.2, 0.25) is 0 Å². The van der Waals surface area contributed by atoms with Crippen LogP contribution < -0.4 is 24.8 Å². The molecule has 296 valence electrons. The van der Waals surface area contributed by atoms with E-state index in [9.17, 15) is 27.6 Å². The molecule has 55 heavy (non-hydrogen) atoms. The van der Waals surface area contributed by atoms with Crippen molar-refractivity contribution in [3.8, 4) is 22.3 Å². The summed E-state index contributed by atoms with van der Waals surface area (Å²) >= 11 is 1.40. The fourth-order valence-electron chi connectivity index (χ4n) is 6.67. The van der Waals surface area contributed by atoms with Gasteiger partial charge in [-0.3, -0.25) is 19.1 Å². The van der Waals surface area contributed by atoms with Crippen molar-refractivity contribution in [2.75, 3.05) is 13.7 Å². The van der Waals surface area contributed by atoms with Crippen molar-refractivity contribution in [2.24, 2.45) is 11.3 Å². The van der Waals surface area contributed by atoms with Gasteiger partial charge >= 0.3 is 6.09 Å². The number of alkyl carbamates (subject to hydrolysis) is 1. The molecule has 1 aliphatic heterocycles. The van der Waals surface area contributed by atoms with Gasteiger partial charge in [-0.2, -0.15) is 0 Å². The van der Waals surface area contributed by atoms with Gasteiger partial charge in [-0.25, -0.2) is 23.2 Å². The zero-order valence-electron chi connectivity index (χ0n) is 32.0. The first kappa shape index (κ1) is 39.9. The number of nitrogens with one attached hydrogen (secondary N) is 3. The van der Waals surface area contributed by atoms with E-state index in [1.54, 1.807) is 60.9 Å². The van der Waals surface area contributed by atoms with Gasteiger partial charge in [0.2, 0.25) is 27.7 Å². The van der Waals surface area contributed by atoms with Gasteiger partial charge in [-0.1, -0.05) is 26.8 Å². The summed E-state index contributed by atoms with van der Waals surface area (Å²) in [4.78, 5) is 66.1. The summed E-state index contributed by atoms with van der Waals surface area (Å²) in [6.45, 7) is 14.1. The zero-order chi connectivity index (χ0) is 40.1. The van der Waals surface area contributed by atoms with E-state index in [0.29, 0.717) is 34.7 Å². The first-order valence-corrected chi connectivity index (χ1v) is 20.5. The Bertz CT molecular complexity index is 2110. The molecular formula is C38H48N6O9S2. The van der Waals surface area contributed by atoms with Gasteiger partial charge < -0.3 is 29.7 Å². The van der Waals surface area contributed by atoms with Crippen LogP contribution in [0.15, 0.2) is 48.5 Å². The molecule has 5 atom stereocenters. The molecule has 0 bridgehead atoms. The number of aromatic nitrogens is 2. The lowest BCUT2D eigenvalue weighted by molar-refractivity contribution is -0.143. The van der Waals surface area contributed by atoms with Crippen LogP contribution in [0.1, 0.15) is 67.2 Å². The molecule has 2 saturated carbocycles. The molecule has 3 N–H and O–H groups in total. The van der Waals surface area contributed by atoms with E-state index in [1.165, 1.54) is 22.3 Å². The minimum atomic E-state index is -3.92. The van der Waals surface area contributed by atoms with E-state index in [1.807, 2.05) is 23.6 Å². The third-order valence-electron chi connectivity index (χ3n) is 9.80. The van der Waals surface area contributed by atoms with Crippen LogP contribution in [-0.2, 0) is 29.1 Å².